The number of benzene rings is 2. The van der Waals surface area contributed by atoms with Crippen molar-refractivity contribution in [2.75, 3.05) is 6.61 Å². The van der Waals surface area contributed by atoms with Crippen LogP contribution in [0.25, 0.3) is 0 Å². The fraction of sp³-hybridized carbons (Fsp3) is 0.278. The van der Waals surface area contributed by atoms with Gasteiger partial charge in [0, 0.05) is 6.92 Å². The molecule has 0 aromatic heterocycles. The van der Waals surface area contributed by atoms with Crippen LogP contribution in [0.2, 0.25) is 0 Å². The van der Waals surface area contributed by atoms with Gasteiger partial charge in [0.05, 0.1) is 0 Å². The Balaban J connectivity index is 1.92. The lowest BCUT2D eigenvalue weighted by Gasteiger charge is -2.13. The number of hydrogen-bond acceptors (Lipinski definition) is 2. The minimum Gasteiger partial charge on any atom is -0.479 e. The van der Waals surface area contributed by atoms with Crippen LogP contribution in [0.5, 0.6) is 0 Å². The second kappa shape index (κ2) is 5.99. The van der Waals surface area contributed by atoms with Crippen molar-refractivity contribution in [1.82, 2.24) is 0 Å². The first kappa shape index (κ1) is 14.3. The molecule has 3 heteroatoms. The molecule has 2 atom stereocenters. The molecule has 1 aliphatic heterocycles. The number of rotatable bonds is 3. The zero-order chi connectivity index (χ0) is 14.8. The van der Waals surface area contributed by atoms with Crippen LogP contribution in [-0.2, 0) is 4.74 Å². The van der Waals surface area contributed by atoms with E-state index in [4.69, 9.17) is 4.74 Å². The van der Waals surface area contributed by atoms with Gasteiger partial charge in [0.2, 0.25) is 0 Å². The highest BCUT2D eigenvalue weighted by Crippen LogP contribution is 2.26. The second-order valence-corrected chi connectivity index (χ2v) is 6.93. The monoisotopic (exact) mass is 297 g/mol. The van der Waals surface area contributed by atoms with Crippen LogP contribution in [-0.4, -0.2) is 12.5 Å². The molecule has 1 heterocycles. The molecule has 0 aliphatic carbocycles. The maximum absolute atomic E-state index is 5.52. The molecule has 0 N–H and O–H groups in total. The Morgan fingerprint density at radius 1 is 1.05 bits per heavy atom. The van der Waals surface area contributed by atoms with Crippen LogP contribution in [0, 0.1) is 13.8 Å². The number of hydrogen-bond donors (Lipinski definition) is 0. The molecular weight excluding hydrogens is 277 g/mol. The highest BCUT2D eigenvalue weighted by molar-refractivity contribution is 7.55. The van der Waals surface area contributed by atoms with E-state index in [-0.39, 0.29) is 6.04 Å². The summed E-state index contributed by atoms with van der Waals surface area (Å²) in [5.41, 5.74) is 3.95. The normalized spacial score (nSPS) is 18.0. The number of ether oxygens (including phenoxy) is 1. The minimum absolute atomic E-state index is 0.152. The van der Waals surface area contributed by atoms with Crippen molar-refractivity contribution < 1.29 is 4.74 Å². The van der Waals surface area contributed by atoms with Gasteiger partial charge < -0.3 is 4.74 Å². The van der Waals surface area contributed by atoms with E-state index in [0.29, 0.717) is 15.2 Å². The lowest BCUT2D eigenvalue weighted by atomic mass is 10.1. The molecule has 2 nitrogen and oxygen atoms in total. The van der Waals surface area contributed by atoms with Gasteiger partial charge in [-0.05, 0) is 30.0 Å². The fourth-order valence-electron chi connectivity index (χ4n) is 2.76. The first-order valence-corrected chi connectivity index (χ1v) is 8.23. The topological polar surface area (TPSA) is 21.6 Å². The lowest BCUT2D eigenvalue weighted by Crippen LogP contribution is -2.13. The van der Waals surface area contributed by atoms with Gasteiger partial charge in [-0.2, -0.15) is 0 Å². The summed E-state index contributed by atoms with van der Waals surface area (Å²) in [6, 6.07) is 15.5. The Hall–Kier alpha value is -1.66. The van der Waals surface area contributed by atoms with Crippen LogP contribution in [0.15, 0.2) is 47.5 Å². The Morgan fingerprint density at radius 3 is 2.43 bits per heavy atom. The highest BCUT2D eigenvalue weighted by atomic mass is 31.1. The van der Waals surface area contributed by atoms with E-state index >= 15 is 0 Å². The molecule has 0 bridgehead atoms. The van der Waals surface area contributed by atoms with Crippen molar-refractivity contribution >= 4 is 25.1 Å². The predicted molar refractivity (Wildman–Crippen MR) is 91.7 cm³/mol. The molecule has 2 aromatic rings. The number of nitrogens with zero attached hydrogens (tertiary/aromatic N) is 1. The lowest BCUT2D eigenvalue weighted by molar-refractivity contribution is 0.317. The van der Waals surface area contributed by atoms with E-state index in [0.717, 1.165) is 5.90 Å². The van der Waals surface area contributed by atoms with E-state index in [1.54, 1.807) is 0 Å². The maximum Gasteiger partial charge on any atom is 0.180 e. The molecule has 0 spiro atoms. The van der Waals surface area contributed by atoms with Gasteiger partial charge in [-0.1, -0.05) is 62.2 Å². The first-order chi connectivity index (χ1) is 10.1. The molecule has 1 aliphatic rings. The van der Waals surface area contributed by atoms with Gasteiger partial charge in [0.15, 0.2) is 5.90 Å². The minimum atomic E-state index is 0.152. The molecule has 0 radical (unpaired) electrons. The van der Waals surface area contributed by atoms with Gasteiger partial charge in [0.1, 0.15) is 12.6 Å². The summed E-state index contributed by atoms with van der Waals surface area (Å²) >= 11 is 0. The number of aliphatic imine (C=N–C) groups is 1. The van der Waals surface area contributed by atoms with Gasteiger partial charge in [0.25, 0.3) is 0 Å². The third-order valence-electron chi connectivity index (χ3n) is 3.61. The van der Waals surface area contributed by atoms with Gasteiger partial charge in [-0.25, -0.2) is 4.99 Å². The van der Waals surface area contributed by atoms with Gasteiger partial charge in [-0.15, -0.1) is 0 Å². The van der Waals surface area contributed by atoms with E-state index < -0.39 is 0 Å². The van der Waals surface area contributed by atoms with Crippen LogP contribution in [0.1, 0.15) is 29.7 Å². The van der Waals surface area contributed by atoms with Crippen molar-refractivity contribution in [3.63, 3.8) is 0 Å². The Morgan fingerprint density at radius 2 is 1.76 bits per heavy atom. The summed E-state index contributed by atoms with van der Waals surface area (Å²) in [7, 11) is 0.662. The molecule has 0 saturated carbocycles. The summed E-state index contributed by atoms with van der Waals surface area (Å²) in [5, 5.41) is 2.76. The largest absolute Gasteiger partial charge is 0.479 e. The summed E-state index contributed by atoms with van der Waals surface area (Å²) in [5.74, 6) is 0.796. The maximum atomic E-state index is 5.52. The molecule has 3 rings (SSSR count). The Bertz CT molecular complexity index is 673. The summed E-state index contributed by atoms with van der Waals surface area (Å²) in [4.78, 5) is 4.59. The molecule has 1 unspecified atom stereocenters. The molecule has 108 valence electrons. The molecule has 2 aromatic carbocycles. The summed E-state index contributed by atoms with van der Waals surface area (Å²) in [6.45, 7) is 6.91. The van der Waals surface area contributed by atoms with Crippen molar-refractivity contribution in [2.45, 2.75) is 26.8 Å². The van der Waals surface area contributed by atoms with Crippen molar-refractivity contribution in [2.24, 2.45) is 4.99 Å². The molecular formula is C18H20NOP. The third kappa shape index (κ3) is 3.33. The zero-order valence-corrected chi connectivity index (χ0v) is 13.7. The van der Waals surface area contributed by atoms with Crippen LogP contribution >= 0.6 is 8.58 Å². The predicted octanol–water partition coefficient (Wildman–Crippen LogP) is 3.42. The van der Waals surface area contributed by atoms with E-state index in [2.05, 4.69) is 61.3 Å². The zero-order valence-electron chi connectivity index (χ0n) is 12.7. The van der Waals surface area contributed by atoms with E-state index in [9.17, 15) is 0 Å². The summed E-state index contributed by atoms with van der Waals surface area (Å²) in [6.07, 6.45) is 0. The SMILES string of the molecule is CC1=N[C@@H](c2ccccc2Pc2cc(C)cc(C)c2)CO1. The molecule has 0 fully saturated rings. The fourth-order valence-corrected chi connectivity index (χ4v) is 4.24. The van der Waals surface area contributed by atoms with Crippen molar-refractivity contribution in [1.29, 1.82) is 0 Å². The smallest absolute Gasteiger partial charge is 0.180 e. The Kier molecular flexibility index (Phi) is 4.07. The van der Waals surface area contributed by atoms with Gasteiger partial charge >= 0.3 is 0 Å². The average molecular weight is 297 g/mol. The molecule has 0 amide bonds. The first-order valence-electron chi connectivity index (χ1n) is 7.23. The standard InChI is InChI=1S/C18H20NOP/c1-12-8-13(2)10-15(9-12)21-18-7-5-4-6-16(18)17-11-20-14(3)19-17/h4-10,17,21H,11H2,1-3H3/t17-/m1/s1. The van der Waals surface area contributed by atoms with Crippen LogP contribution in [0.4, 0.5) is 0 Å². The van der Waals surface area contributed by atoms with Gasteiger partial charge in [-0.3, -0.25) is 0 Å². The van der Waals surface area contributed by atoms with Crippen LogP contribution in [0.3, 0.4) is 0 Å². The highest BCUT2D eigenvalue weighted by Gasteiger charge is 2.20. The van der Waals surface area contributed by atoms with Crippen molar-refractivity contribution in [3.05, 3.63) is 59.2 Å². The molecule has 21 heavy (non-hydrogen) atoms. The van der Waals surface area contributed by atoms with E-state index in [1.165, 1.54) is 27.3 Å². The number of aryl methyl sites for hydroxylation is 2. The average Bonchev–Trinajstić information content (AvgIpc) is 2.85. The second-order valence-electron chi connectivity index (χ2n) is 5.56. The van der Waals surface area contributed by atoms with Crippen molar-refractivity contribution in [3.8, 4) is 0 Å². The van der Waals surface area contributed by atoms with E-state index in [1.807, 2.05) is 6.92 Å². The third-order valence-corrected chi connectivity index (χ3v) is 4.91. The van der Waals surface area contributed by atoms with Crippen LogP contribution < -0.4 is 10.6 Å². The quantitative estimate of drug-likeness (QED) is 0.796. The Labute approximate surface area is 128 Å². The molecule has 0 saturated heterocycles. The summed E-state index contributed by atoms with van der Waals surface area (Å²) < 4.78 is 5.52.